The number of nitrogen functional groups attached to an aromatic ring is 1. The summed E-state index contributed by atoms with van der Waals surface area (Å²) in [7, 11) is 0. The summed E-state index contributed by atoms with van der Waals surface area (Å²) < 4.78 is 0. The topological polar surface area (TPSA) is 46.3 Å². The van der Waals surface area contributed by atoms with Gasteiger partial charge in [-0.05, 0) is 43.7 Å². The first kappa shape index (κ1) is 16.8. The first-order chi connectivity index (χ1) is 9.09. The van der Waals surface area contributed by atoms with Crippen LogP contribution in [0.4, 0.5) is 5.69 Å². The van der Waals surface area contributed by atoms with Gasteiger partial charge >= 0.3 is 0 Å². The number of likely N-dealkylation sites (tertiary alicyclic amines) is 1. The number of nitrogens with two attached hydrogens (primary N) is 1. The van der Waals surface area contributed by atoms with Gasteiger partial charge in [0.15, 0.2) is 0 Å². The predicted molar refractivity (Wildman–Crippen MR) is 86.0 cm³/mol. The second-order valence-corrected chi connectivity index (χ2v) is 5.65. The number of nitrogens with zero attached hydrogens (tertiary/aromatic N) is 1. The van der Waals surface area contributed by atoms with Gasteiger partial charge in [-0.25, -0.2) is 0 Å². The van der Waals surface area contributed by atoms with Crippen molar-refractivity contribution in [2.45, 2.75) is 45.6 Å². The first-order valence-corrected chi connectivity index (χ1v) is 7.22. The molecule has 0 spiro atoms. The summed E-state index contributed by atoms with van der Waals surface area (Å²) in [6.07, 6.45) is 3.66. The predicted octanol–water partition coefficient (Wildman–Crippen LogP) is 3.27. The highest BCUT2D eigenvalue weighted by atomic mass is 35.5. The molecular formula is C16H25ClN2O. The van der Waals surface area contributed by atoms with Gasteiger partial charge in [-0.1, -0.05) is 25.1 Å². The fourth-order valence-corrected chi connectivity index (χ4v) is 2.83. The third-order valence-corrected chi connectivity index (χ3v) is 4.36. The summed E-state index contributed by atoms with van der Waals surface area (Å²) >= 11 is 0. The molecule has 20 heavy (non-hydrogen) atoms. The van der Waals surface area contributed by atoms with Gasteiger partial charge in [0.05, 0.1) is 0 Å². The quantitative estimate of drug-likeness (QED) is 0.870. The van der Waals surface area contributed by atoms with Gasteiger partial charge in [0.2, 0.25) is 5.91 Å². The van der Waals surface area contributed by atoms with Crippen molar-refractivity contribution in [2.75, 3.05) is 12.3 Å². The molecule has 0 aromatic heterocycles. The van der Waals surface area contributed by atoms with E-state index in [1.54, 1.807) is 0 Å². The van der Waals surface area contributed by atoms with Crippen LogP contribution in [0.2, 0.25) is 0 Å². The van der Waals surface area contributed by atoms with E-state index < -0.39 is 0 Å². The van der Waals surface area contributed by atoms with E-state index in [2.05, 4.69) is 13.8 Å². The molecule has 1 fully saturated rings. The van der Waals surface area contributed by atoms with Crippen LogP contribution in [0.1, 0.15) is 38.7 Å². The minimum absolute atomic E-state index is 0. The molecule has 2 atom stereocenters. The van der Waals surface area contributed by atoms with Gasteiger partial charge in [0, 0.05) is 24.7 Å². The Morgan fingerprint density at radius 2 is 2.05 bits per heavy atom. The highest BCUT2D eigenvalue weighted by molar-refractivity contribution is 5.85. The highest BCUT2D eigenvalue weighted by Crippen LogP contribution is 2.24. The second-order valence-electron chi connectivity index (χ2n) is 5.65. The van der Waals surface area contributed by atoms with Crippen molar-refractivity contribution in [2.24, 2.45) is 5.92 Å². The Labute approximate surface area is 127 Å². The smallest absolute Gasteiger partial charge is 0.223 e. The molecule has 0 saturated carbocycles. The van der Waals surface area contributed by atoms with E-state index in [1.807, 2.05) is 29.2 Å². The number of halogens is 1. The summed E-state index contributed by atoms with van der Waals surface area (Å²) in [6.45, 7) is 5.31. The zero-order valence-electron chi connectivity index (χ0n) is 12.3. The molecule has 112 valence electrons. The van der Waals surface area contributed by atoms with Gasteiger partial charge in [-0.2, -0.15) is 0 Å². The van der Waals surface area contributed by atoms with Gasteiger partial charge in [0.25, 0.3) is 0 Å². The number of anilines is 1. The molecule has 0 radical (unpaired) electrons. The Kier molecular flexibility index (Phi) is 6.34. The van der Waals surface area contributed by atoms with Crippen LogP contribution in [0.15, 0.2) is 24.3 Å². The molecule has 1 aliphatic rings. The van der Waals surface area contributed by atoms with Crippen LogP contribution in [-0.4, -0.2) is 23.4 Å². The lowest BCUT2D eigenvalue weighted by atomic mass is 9.91. The number of aryl methyl sites for hydroxylation is 1. The van der Waals surface area contributed by atoms with Gasteiger partial charge < -0.3 is 10.6 Å². The lowest BCUT2D eigenvalue weighted by molar-refractivity contribution is -0.135. The fraction of sp³-hybridized carbons (Fsp3) is 0.562. The molecule has 1 amide bonds. The van der Waals surface area contributed by atoms with E-state index in [4.69, 9.17) is 5.73 Å². The number of piperidine rings is 1. The van der Waals surface area contributed by atoms with Crippen molar-refractivity contribution >= 4 is 24.0 Å². The summed E-state index contributed by atoms with van der Waals surface area (Å²) in [5.41, 5.74) is 7.77. The van der Waals surface area contributed by atoms with Gasteiger partial charge in [-0.15, -0.1) is 12.4 Å². The number of benzene rings is 1. The second kappa shape index (κ2) is 7.53. The standard InChI is InChI=1S/C16H24N2O.ClH/c1-12-6-5-11-18(13(12)2)16(19)10-9-14-7-3-4-8-15(14)17;/h3-4,7-8,12-13H,5-6,9-11,17H2,1-2H3;1H. The maximum atomic E-state index is 12.3. The van der Waals surface area contributed by atoms with Crippen LogP contribution >= 0.6 is 12.4 Å². The third kappa shape index (κ3) is 3.89. The molecule has 1 heterocycles. The van der Waals surface area contributed by atoms with Crippen LogP contribution in [0.5, 0.6) is 0 Å². The Hall–Kier alpha value is -1.22. The van der Waals surface area contributed by atoms with Crippen molar-refractivity contribution < 1.29 is 4.79 Å². The summed E-state index contributed by atoms with van der Waals surface area (Å²) in [5.74, 6) is 0.877. The zero-order valence-corrected chi connectivity index (χ0v) is 13.2. The lowest BCUT2D eigenvalue weighted by Gasteiger charge is -2.38. The average Bonchev–Trinajstić information content (AvgIpc) is 2.40. The molecule has 2 unspecified atom stereocenters. The molecule has 0 aliphatic carbocycles. The number of carbonyl (C=O) groups excluding carboxylic acids is 1. The Balaban J connectivity index is 0.00000200. The van der Waals surface area contributed by atoms with Crippen molar-refractivity contribution in [3.63, 3.8) is 0 Å². The van der Waals surface area contributed by atoms with Gasteiger partial charge in [0.1, 0.15) is 0 Å². The lowest BCUT2D eigenvalue weighted by Crippen LogP contribution is -2.46. The molecule has 1 aromatic carbocycles. The number of para-hydroxylation sites is 1. The average molecular weight is 297 g/mol. The van der Waals surface area contributed by atoms with Crippen LogP contribution in [0, 0.1) is 5.92 Å². The summed E-state index contributed by atoms with van der Waals surface area (Å²) in [5, 5.41) is 0. The Morgan fingerprint density at radius 3 is 2.75 bits per heavy atom. The van der Waals surface area contributed by atoms with Crippen LogP contribution in [0.25, 0.3) is 0 Å². The van der Waals surface area contributed by atoms with E-state index in [0.29, 0.717) is 18.4 Å². The molecule has 4 heteroatoms. The van der Waals surface area contributed by atoms with Crippen molar-refractivity contribution in [3.05, 3.63) is 29.8 Å². The van der Waals surface area contributed by atoms with E-state index in [0.717, 1.165) is 30.6 Å². The molecule has 0 bridgehead atoms. The van der Waals surface area contributed by atoms with Crippen molar-refractivity contribution in [3.8, 4) is 0 Å². The molecule has 1 saturated heterocycles. The Morgan fingerprint density at radius 1 is 1.35 bits per heavy atom. The largest absolute Gasteiger partial charge is 0.399 e. The monoisotopic (exact) mass is 296 g/mol. The number of rotatable bonds is 3. The van der Waals surface area contributed by atoms with E-state index in [1.165, 1.54) is 6.42 Å². The highest BCUT2D eigenvalue weighted by Gasteiger charge is 2.27. The number of hydrogen-bond donors (Lipinski definition) is 1. The van der Waals surface area contributed by atoms with Crippen molar-refractivity contribution in [1.82, 2.24) is 4.90 Å². The molecule has 2 rings (SSSR count). The number of hydrogen-bond acceptors (Lipinski definition) is 2. The van der Waals surface area contributed by atoms with E-state index >= 15 is 0 Å². The fourth-order valence-electron chi connectivity index (χ4n) is 2.83. The number of carbonyl (C=O) groups is 1. The molecule has 1 aliphatic heterocycles. The van der Waals surface area contributed by atoms with E-state index in [9.17, 15) is 4.79 Å². The first-order valence-electron chi connectivity index (χ1n) is 7.22. The SMILES string of the molecule is CC1CCCN(C(=O)CCc2ccccc2N)C1C.Cl. The summed E-state index contributed by atoms with van der Waals surface area (Å²) in [6, 6.07) is 8.17. The molecular weight excluding hydrogens is 272 g/mol. The minimum Gasteiger partial charge on any atom is -0.399 e. The zero-order chi connectivity index (χ0) is 13.8. The van der Waals surface area contributed by atoms with Crippen LogP contribution in [-0.2, 0) is 11.2 Å². The van der Waals surface area contributed by atoms with Crippen LogP contribution in [0.3, 0.4) is 0 Å². The van der Waals surface area contributed by atoms with E-state index in [-0.39, 0.29) is 18.3 Å². The molecule has 3 nitrogen and oxygen atoms in total. The Bertz CT molecular complexity index is 450. The summed E-state index contributed by atoms with van der Waals surface area (Å²) in [4.78, 5) is 14.4. The normalized spacial score (nSPS) is 22.2. The minimum atomic E-state index is 0. The molecule has 2 N–H and O–H groups in total. The maximum absolute atomic E-state index is 12.3. The third-order valence-electron chi connectivity index (χ3n) is 4.36. The molecule has 1 aromatic rings. The van der Waals surface area contributed by atoms with Gasteiger partial charge in [-0.3, -0.25) is 4.79 Å². The number of amides is 1. The van der Waals surface area contributed by atoms with Crippen molar-refractivity contribution in [1.29, 1.82) is 0 Å². The maximum Gasteiger partial charge on any atom is 0.223 e. The van der Waals surface area contributed by atoms with Crippen LogP contribution < -0.4 is 5.73 Å².